The Morgan fingerprint density at radius 3 is 2.25 bits per heavy atom. The van der Waals surface area contributed by atoms with Gasteiger partial charge in [-0.15, -0.1) is 5.92 Å². The third-order valence-electron chi connectivity index (χ3n) is 3.37. The monoisotopic (exact) mass is 222 g/mol. The van der Waals surface area contributed by atoms with Crippen LogP contribution in [-0.4, -0.2) is 12.7 Å². The van der Waals surface area contributed by atoms with Crippen LogP contribution in [0.3, 0.4) is 0 Å². The molecule has 16 heavy (non-hydrogen) atoms. The summed E-state index contributed by atoms with van der Waals surface area (Å²) in [6, 6.07) is 0. The topological polar surface area (TPSA) is 9.23 Å². The fourth-order valence-electron chi connectivity index (χ4n) is 2.37. The highest BCUT2D eigenvalue weighted by Gasteiger charge is 2.30. The normalized spacial score (nSPS) is 20.0. The van der Waals surface area contributed by atoms with Gasteiger partial charge in [0.2, 0.25) is 0 Å². The molecular weight excluding hydrogens is 196 g/mol. The Bertz CT molecular complexity index is 255. The highest BCUT2D eigenvalue weighted by molar-refractivity contribution is 5.07. The molecule has 0 aromatic carbocycles. The van der Waals surface area contributed by atoms with Crippen molar-refractivity contribution < 1.29 is 4.74 Å². The molecule has 1 aliphatic rings. The van der Waals surface area contributed by atoms with E-state index < -0.39 is 0 Å². The fourth-order valence-corrected chi connectivity index (χ4v) is 2.37. The van der Waals surface area contributed by atoms with Crippen molar-refractivity contribution in [2.24, 2.45) is 5.41 Å². The molecule has 1 aliphatic carbocycles. The molecule has 1 heteroatoms. The molecule has 92 valence electrons. The molecule has 0 bridgehead atoms. The molecule has 0 atom stereocenters. The Labute approximate surface area is 101 Å². The molecule has 0 aliphatic heterocycles. The van der Waals surface area contributed by atoms with Gasteiger partial charge >= 0.3 is 0 Å². The SMILES string of the molecule is COC1(CCC#CC(C)(C)C)CCCCC1. The van der Waals surface area contributed by atoms with Crippen LogP contribution >= 0.6 is 0 Å². The Morgan fingerprint density at radius 1 is 1.12 bits per heavy atom. The van der Waals surface area contributed by atoms with Gasteiger partial charge in [0.25, 0.3) is 0 Å². The Kier molecular flexibility index (Phi) is 4.87. The zero-order valence-electron chi connectivity index (χ0n) is 11.4. The molecule has 0 aromatic heterocycles. The standard InChI is InChI=1S/C15H26O/c1-14(2,3)10-8-9-13-15(16-4)11-6-5-7-12-15/h5-7,9,11-13H2,1-4H3. The Balaban J connectivity index is 2.41. The predicted octanol–water partition coefficient (Wildman–Crippen LogP) is 4.17. The van der Waals surface area contributed by atoms with Gasteiger partial charge in [-0.25, -0.2) is 0 Å². The van der Waals surface area contributed by atoms with Crippen molar-refractivity contribution in [3.63, 3.8) is 0 Å². The molecule has 0 heterocycles. The van der Waals surface area contributed by atoms with Crippen molar-refractivity contribution >= 4 is 0 Å². The van der Waals surface area contributed by atoms with E-state index in [9.17, 15) is 0 Å². The number of ether oxygens (including phenoxy) is 1. The molecule has 1 fully saturated rings. The smallest absolute Gasteiger partial charge is 0.0687 e. The lowest BCUT2D eigenvalue weighted by Crippen LogP contribution is -2.33. The fraction of sp³-hybridized carbons (Fsp3) is 0.867. The maximum atomic E-state index is 5.74. The van der Waals surface area contributed by atoms with Crippen molar-refractivity contribution in [2.75, 3.05) is 7.11 Å². The van der Waals surface area contributed by atoms with Crippen molar-refractivity contribution in [3.8, 4) is 11.8 Å². The van der Waals surface area contributed by atoms with Crippen molar-refractivity contribution in [2.45, 2.75) is 71.3 Å². The summed E-state index contributed by atoms with van der Waals surface area (Å²) in [5.74, 6) is 6.60. The average molecular weight is 222 g/mol. The lowest BCUT2D eigenvalue weighted by molar-refractivity contribution is -0.0443. The average Bonchev–Trinajstić information content (AvgIpc) is 2.25. The molecule has 1 rings (SSSR count). The van der Waals surface area contributed by atoms with Gasteiger partial charge in [-0.1, -0.05) is 25.2 Å². The molecule has 0 radical (unpaired) electrons. The predicted molar refractivity (Wildman–Crippen MR) is 69.3 cm³/mol. The first-order chi connectivity index (χ1) is 7.47. The van der Waals surface area contributed by atoms with Gasteiger partial charge in [0.05, 0.1) is 5.60 Å². The van der Waals surface area contributed by atoms with Gasteiger partial charge < -0.3 is 4.74 Å². The van der Waals surface area contributed by atoms with Gasteiger partial charge in [0.1, 0.15) is 0 Å². The van der Waals surface area contributed by atoms with Gasteiger partial charge in [-0.05, 0) is 40.0 Å². The van der Waals surface area contributed by atoms with E-state index in [-0.39, 0.29) is 11.0 Å². The Hall–Kier alpha value is -0.480. The van der Waals surface area contributed by atoms with E-state index in [1.807, 2.05) is 7.11 Å². The van der Waals surface area contributed by atoms with Crippen LogP contribution in [0.25, 0.3) is 0 Å². The van der Waals surface area contributed by atoms with Crippen LogP contribution in [0.1, 0.15) is 65.7 Å². The highest BCUT2D eigenvalue weighted by atomic mass is 16.5. The van der Waals surface area contributed by atoms with E-state index in [1.54, 1.807) is 0 Å². The van der Waals surface area contributed by atoms with Crippen molar-refractivity contribution in [1.29, 1.82) is 0 Å². The van der Waals surface area contributed by atoms with Crippen molar-refractivity contribution in [3.05, 3.63) is 0 Å². The van der Waals surface area contributed by atoms with E-state index in [1.165, 1.54) is 32.1 Å². The minimum Gasteiger partial charge on any atom is -0.378 e. The van der Waals surface area contributed by atoms with E-state index in [0.29, 0.717) is 0 Å². The summed E-state index contributed by atoms with van der Waals surface area (Å²) in [4.78, 5) is 0. The second kappa shape index (κ2) is 5.73. The summed E-state index contributed by atoms with van der Waals surface area (Å²) in [6.07, 6.45) is 8.54. The maximum absolute atomic E-state index is 5.74. The highest BCUT2D eigenvalue weighted by Crippen LogP contribution is 2.34. The summed E-state index contributed by atoms with van der Waals surface area (Å²) in [7, 11) is 1.86. The van der Waals surface area contributed by atoms with E-state index in [0.717, 1.165) is 12.8 Å². The summed E-state index contributed by atoms with van der Waals surface area (Å²) >= 11 is 0. The van der Waals surface area contributed by atoms with Crippen LogP contribution in [0, 0.1) is 17.3 Å². The molecule has 0 unspecified atom stereocenters. The first kappa shape index (κ1) is 13.6. The van der Waals surface area contributed by atoms with Crippen LogP contribution in [0.4, 0.5) is 0 Å². The molecule has 0 amide bonds. The van der Waals surface area contributed by atoms with Crippen LogP contribution in [0.2, 0.25) is 0 Å². The molecule has 0 saturated heterocycles. The van der Waals surface area contributed by atoms with E-state index in [4.69, 9.17) is 4.74 Å². The molecule has 0 aromatic rings. The third-order valence-corrected chi connectivity index (χ3v) is 3.37. The molecular formula is C15H26O. The molecule has 0 spiro atoms. The van der Waals surface area contributed by atoms with Crippen LogP contribution < -0.4 is 0 Å². The van der Waals surface area contributed by atoms with Crippen LogP contribution in [-0.2, 0) is 4.74 Å². The maximum Gasteiger partial charge on any atom is 0.0687 e. The minimum absolute atomic E-state index is 0.132. The first-order valence-corrected chi connectivity index (χ1v) is 6.53. The van der Waals surface area contributed by atoms with E-state index in [2.05, 4.69) is 32.6 Å². The molecule has 1 saturated carbocycles. The lowest BCUT2D eigenvalue weighted by atomic mass is 9.81. The number of methoxy groups -OCH3 is 1. The van der Waals surface area contributed by atoms with Gasteiger partial charge in [-0.3, -0.25) is 0 Å². The largest absolute Gasteiger partial charge is 0.378 e. The molecule has 1 nitrogen and oxygen atoms in total. The van der Waals surface area contributed by atoms with Gasteiger partial charge in [0.15, 0.2) is 0 Å². The Morgan fingerprint density at radius 2 is 1.75 bits per heavy atom. The summed E-state index contributed by atoms with van der Waals surface area (Å²) in [5, 5.41) is 0. The number of hydrogen-bond donors (Lipinski definition) is 0. The zero-order chi connectivity index (χ0) is 12.1. The van der Waals surface area contributed by atoms with Crippen LogP contribution in [0.5, 0.6) is 0 Å². The van der Waals surface area contributed by atoms with Gasteiger partial charge in [-0.2, -0.15) is 0 Å². The minimum atomic E-state index is 0.132. The number of rotatable bonds is 3. The van der Waals surface area contributed by atoms with Crippen LogP contribution in [0.15, 0.2) is 0 Å². The van der Waals surface area contributed by atoms with Gasteiger partial charge in [0, 0.05) is 18.9 Å². The molecule has 0 N–H and O–H groups in total. The lowest BCUT2D eigenvalue weighted by Gasteiger charge is -2.35. The summed E-state index contributed by atoms with van der Waals surface area (Å²) in [6.45, 7) is 6.48. The number of hydrogen-bond acceptors (Lipinski definition) is 1. The third kappa shape index (κ3) is 4.58. The quantitative estimate of drug-likeness (QED) is 0.651. The second-order valence-electron chi connectivity index (χ2n) is 6.00. The first-order valence-electron chi connectivity index (χ1n) is 6.53. The summed E-state index contributed by atoms with van der Waals surface area (Å²) in [5.41, 5.74) is 0.275. The van der Waals surface area contributed by atoms with Crippen molar-refractivity contribution in [1.82, 2.24) is 0 Å². The zero-order valence-corrected chi connectivity index (χ0v) is 11.4. The summed E-state index contributed by atoms with van der Waals surface area (Å²) < 4.78 is 5.74. The van der Waals surface area contributed by atoms with E-state index >= 15 is 0 Å². The second-order valence-corrected chi connectivity index (χ2v) is 6.00.